The number of nitrogens with two attached hydrogens (primary N) is 1. The van der Waals surface area contributed by atoms with Gasteiger partial charge in [0.05, 0.1) is 31.3 Å². The Bertz CT molecular complexity index is 369. The normalized spacial score (nSPS) is 14.1. The smallest absolute Gasteiger partial charge is 0.0880 e. The van der Waals surface area contributed by atoms with Crippen LogP contribution in [-0.2, 0) is 0 Å². The summed E-state index contributed by atoms with van der Waals surface area (Å²) < 4.78 is 0. The van der Waals surface area contributed by atoms with Crippen molar-refractivity contribution < 1.29 is 0 Å². The summed E-state index contributed by atoms with van der Waals surface area (Å²) in [7, 11) is 0. The Morgan fingerprint density at radius 2 is 2.06 bits per heavy atom. The fraction of sp³-hybridized carbons (Fsp3) is 0.455. The van der Waals surface area contributed by atoms with Gasteiger partial charge in [-0.25, -0.2) is 0 Å². The zero-order valence-electron chi connectivity index (χ0n) is 9.13. The third kappa shape index (κ3) is 3.04. The molecule has 1 rings (SSSR count). The van der Waals surface area contributed by atoms with Gasteiger partial charge in [-0.2, -0.15) is 10.5 Å². The first kappa shape index (κ1) is 12.7. The van der Waals surface area contributed by atoms with Crippen LogP contribution in [0.25, 0.3) is 0 Å². The van der Waals surface area contributed by atoms with Gasteiger partial charge >= 0.3 is 0 Å². The summed E-state index contributed by atoms with van der Waals surface area (Å²) in [6.45, 7) is 2.33. The standard InChI is InChI=1S/C11H14N4S/c1-9(14)11(10-3-2-8-16-10)15(6-4-12)7-5-13/h2-3,8-9,11H,6-7,14H2,1H3. The molecule has 0 aromatic carbocycles. The number of hydrogen-bond donors (Lipinski definition) is 1. The molecule has 2 atom stereocenters. The topological polar surface area (TPSA) is 76.8 Å². The van der Waals surface area contributed by atoms with Gasteiger partial charge < -0.3 is 5.73 Å². The summed E-state index contributed by atoms with van der Waals surface area (Å²) in [6.07, 6.45) is 0. The molecule has 84 valence electrons. The van der Waals surface area contributed by atoms with E-state index in [1.807, 2.05) is 24.4 Å². The van der Waals surface area contributed by atoms with Gasteiger partial charge in [-0.1, -0.05) is 6.07 Å². The lowest BCUT2D eigenvalue weighted by Crippen LogP contribution is -2.39. The molecule has 1 heterocycles. The molecule has 4 nitrogen and oxygen atoms in total. The molecule has 0 spiro atoms. The van der Waals surface area contributed by atoms with Gasteiger partial charge in [0.2, 0.25) is 0 Å². The van der Waals surface area contributed by atoms with E-state index in [4.69, 9.17) is 16.3 Å². The number of nitriles is 2. The molecule has 0 bridgehead atoms. The van der Waals surface area contributed by atoms with E-state index >= 15 is 0 Å². The van der Waals surface area contributed by atoms with Crippen molar-refractivity contribution in [3.8, 4) is 12.1 Å². The van der Waals surface area contributed by atoms with Crippen molar-refractivity contribution in [2.75, 3.05) is 13.1 Å². The molecule has 0 aliphatic rings. The molecule has 0 aliphatic heterocycles. The third-order valence-corrected chi connectivity index (χ3v) is 3.22. The zero-order chi connectivity index (χ0) is 12.0. The monoisotopic (exact) mass is 234 g/mol. The zero-order valence-corrected chi connectivity index (χ0v) is 9.94. The van der Waals surface area contributed by atoms with Gasteiger partial charge in [0.15, 0.2) is 0 Å². The fourth-order valence-electron chi connectivity index (χ4n) is 1.67. The molecular weight excluding hydrogens is 220 g/mol. The van der Waals surface area contributed by atoms with E-state index in [0.29, 0.717) is 0 Å². The lowest BCUT2D eigenvalue weighted by molar-refractivity contribution is 0.225. The summed E-state index contributed by atoms with van der Waals surface area (Å²) in [6, 6.07) is 7.92. The predicted octanol–water partition coefficient (Wildman–Crippen LogP) is 1.49. The minimum absolute atomic E-state index is 0.0562. The van der Waals surface area contributed by atoms with Crippen molar-refractivity contribution in [3.63, 3.8) is 0 Å². The van der Waals surface area contributed by atoms with Crippen LogP contribution >= 0.6 is 11.3 Å². The van der Waals surface area contributed by atoms with Crippen LogP contribution in [0.1, 0.15) is 17.8 Å². The largest absolute Gasteiger partial charge is 0.326 e. The molecule has 5 heteroatoms. The average molecular weight is 234 g/mol. The van der Waals surface area contributed by atoms with Crippen molar-refractivity contribution in [2.45, 2.75) is 19.0 Å². The van der Waals surface area contributed by atoms with Crippen LogP contribution in [0.5, 0.6) is 0 Å². The first-order valence-electron chi connectivity index (χ1n) is 4.97. The van der Waals surface area contributed by atoms with E-state index in [1.54, 1.807) is 16.2 Å². The van der Waals surface area contributed by atoms with E-state index in [9.17, 15) is 0 Å². The summed E-state index contributed by atoms with van der Waals surface area (Å²) >= 11 is 1.60. The molecule has 16 heavy (non-hydrogen) atoms. The molecule has 2 unspecified atom stereocenters. The first-order valence-corrected chi connectivity index (χ1v) is 5.85. The highest BCUT2D eigenvalue weighted by Crippen LogP contribution is 2.26. The van der Waals surface area contributed by atoms with Crippen LogP contribution in [-0.4, -0.2) is 24.0 Å². The second-order valence-electron chi connectivity index (χ2n) is 3.54. The Morgan fingerprint density at radius 1 is 1.44 bits per heavy atom. The third-order valence-electron chi connectivity index (χ3n) is 2.27. The molecule has 0 saturated carbocycles. The Kier molecular flexibility index (Phi) is 4.94. The summed E-state index contributed by atoms with van der Waals surface area (Å²) in [5.74, 6) is 0. The number of hydrogen-bond acceptors (Lipinski definition) is 5. The van der Waals surface area contributed by atoms with Crippen LogP contribution < -0.4 is 5.73 Å². The minimum Gasteiger partial charge on any atom is -0.326 e. The maximum Gasteiger partial charge on any atom is 0.0880 e. The van der Waals surface area contributed by atoms with Gasteiger partial charge in [-0.3, -0.25) is 4.90 Å². The van der Waals surface area contributed by atoms with Crippen molar-refractivity contribution >= 4 is 11.3 Å². The van der Waals surface area contributed by atoms with E-state index < -0.39 is 0 Å². The van der Waals surface area contributed by atoms with Gasteiger partial charge in [0, 0.05) is 10.9 Å². The molecule has 2 N–H and O–H groups in total. The maximum atomic E-state index is 8.75. The second-order valence-corrected chi connectivity index (χ2v) is 4.52. The number of thiophene rings is 1. The van der Waals surface area contributed by atoms with E-state index in [2.05, 4.69) is 12.1 Å². The fourth-order valence-corrected chi connectivity index (χ4v) is 2.64. The molecule has 0 fully saturated rings. The highest BCUT2D eigenvalue weighted by molar-refractivity contribution is 7.10. The molecular formula is C11H14N4S. The Morgan fingerprint density at radius 3 is 2.44 bits per heavy atom. The minimum atomic E-state index is -0.111. The summed E-state index contributed by atoms with van der Waals surface area (Å²) in [4.78, 5) is 2.90. The molecule has 1 aromatic heterocycles. The number of rotatable bonds is 5. The van der Waals surface area contributed by atoms with Gasteiger partial charge in [-0.15, -0.1) is 11.3 Å². The van der Waals surface area contributed by atoms with Gasteiger partial charge in [-0.05, 0) is 18.4 Å². The summed E-state index contributed by atoms with van der Waals surface area (Å²) in [5, 5.41) is 19.5. The van der Waals surface area contributed by atoms with Crippen molar-refractivity contribution in [1.82, 2.24) is 4.90 Å². The highest BCUT2D eigenvalue weighted by Gasteiger charge is 2.24. The maximum absolute atomic E-state index is 8.75. The van der Waals surface area contributed by atoms with E-state index in [-0.39, 0.29) is 25.2 Å². The van der Waals surface area contributed by atoms with Crippen LogP contribution in [0, 0.1) is 22.7 Å². The molecule has 1 aromatic rings. The Labute approximate surface area is 99.5 Å². The molecule has 0 saturated heterocycles. The van der Waals surface area contributed by atoms with Gasteiger partial charge in [0.25, 0.3) is 0 Å². The Balaban J connectivity index is 2.92. The summed E-state index contributed by atoms with van der Waals surface area (Å²) in [5.41, 5.74) is 5.94. The molecule has 0 aliphatic carbocycles. The predicted molar refractivity (Wildman–Crippen MR) is 63.5 cm³/mol. The van der Waals surface area contributed by atoms with Crippen LogP contribution in [0.3, 0.4) is 0 Å². The molecule has 0 radical (unpaired) electrons. The molecule has 0 amide bonds. The van der Waals surface area contributed by atoms with Crippen molar-refractivity contribution in [3.05, 3.63) is 22.4 Å². The van der Waals surface area contributed by atoms with Crippen LogP contribution in [0.2, 0.25) is 0 Å². The van der Waals surface area contributed by atoms with Gasteiger partial charge in [0.1, 0.15) is 0 Å². The average Bonchev–Trinajstić information content (AvgIpc) is 2.71. The van der Waals surface area contributed by atoms with Crippen molar-refractivity contribution in [2.24, 2.45) is 5.73 Å². The lowest BCUT2D eigenvalue weighted by atomic mass is 10.1. The first-order chi connectivity index (χ1) is 7.70. The van der Waals surface area contributed by atoms with Crippen LogP contribution in [0.15, 0.2) is 17.5 Å². The number of nitrogens with zero attached hydrogens (tertiary/aromatic N) is 3. The van der Waals surface area contributed by atoms with E-state index in [1.165, 1.54) is 0 Å². The highest BCUT2D eigenvalue weighted by atomic mass is 32.1. The lowest BCUT2D eigenvalue weighted by Gasteiger charge is -2.29. The second kappa shape index (κ2) is 6.24. The van der Waals surface area contributed by atoms with Crippen molar-refractivity contribution in [1.29, 1.82) is 10.5 Å². The Hall–Kier alpha value is -1.40. The van der Waals surface area contributed by atoms with Crippen LogP contribution in [0.4, 0.5) is 0 Å². The van der Waals surface area contributed by atoms with E-state index in [0.717, 1.165) is 4.88 Å². The quantitative estimate of drug-likeness (QED) is 0.783. The SMILES string of the molecule is CC(N)C(c1cccs1)N(CC#N)CC#N.